The van der Waals surface area contributed by atoms with Crippen molar-refractivity contribution in [3.05, 3.63) is 0 Å². The fraction of sp³-hybridized carbons (Fsp3) is 1.00. The number of rotatable bonds is 7. The largest absolute Gasteiger partial charge is 0.315 e. The Balaban J connectivity index is 2.49. The highest BCUT2D eigenvalue weighted by Gasteiger charge is 2.32. The molecule has 2 heteroatoms. The highest BCUT2D eigenvalue weighted by atomic mass is 15.2. The number of nitrogens with one attached hydrogen (secondary N) is 1. The van der Waals surface area contributed by atoms with E-state index >= 15 is 0 Å². The predicted molar refractivity (Wildman–Crippen MR) is 85.6 cm³/mol. The molecule has 0 bridgehead atoms. The minimum absolute atomic E-state index is 0.575. The molecule has 1 fully saturated rings. The van der Waals surface area contributed by atoms with Gasteiger partial charge in [-0.15, -0.1) is 0 Å². The van der Waals surface area contributed by atoms with Crippen molar-refractivity contribution in [2.24, 2.45) is 11.3 Å². The van der Waals surface area contributed by atoms with Crippen LogP contribution in [0.4, 0.5) is 0 Å². The van der Waals surface area contributed by atoms with Crippen LogP contribution in [0.1, 0.15) is 66.7 Å². The lowest BCUT2D eigenvalue weighted by molar-refractivity contribution is 0.0752. The lowest BCUT2D eigenvalue weighted by Crippen LogP contribution is -2.49. The van der Waals surface area contributed by atoms with Gasteiger partial charge in [0.15, 0.2) is 0 Å². The molecule has 2 nitrogen and oxygen atoms in total. The first kappa shape index (κ1) is 17.0. The lowest BCUT2D eigenvalue weighted by atomic mass is 9.75. The number of hydrogen-bond donors (Lipinski definition) is 1. The van der Waals surface area contributed by atoms with Crippen molar-refractivity contribution in [2.75, 3.05) is 20.1 Å². The zero-order chi connectivity index (χ0) is 14.5. The van der Waals surface area contributed by atoms with Gasteiger partial charge in [0.1, 0.15) is 0 Å². The molecule has 1 atom stereocenters. The Morgan fingerprint density at radius 3 is 2.26 bits per heavy atom. The van der Waals surface area contributed by atoms with Gasteiger partial charge in [0.2, 0.25) is 0 Å². The Morgan fingerprint density at radius 2 is 1.79 bits per heavy atom. The minimum atomic E-state index is 0.575. The van der Waals surface area contributed by atoms with Gasteiger partial charge in [-0.2, -0.15) is 0 Å². The predicted octanol–water partition coefficient (Wildman–Crippen LogP) is 3.91. The number of likely N-dealkylation sites (N-methyl/N-ethyl adjacent to an activating group) is 1. The van der Waals surface area contributed by atoms with E-state index in [1.165, 1.54) is 32.1 Å². The fourth-order valence-corrected chi connectivity index (χ4v) is 3.34. The molecule has 0 spiro atoms. The lowest BCUT2D eigenvalue weighted by Gasteiger charge is -2.43. The van der Waals surface area contributed by atoms with E-state index in [2.05, 4.69) is 51.9 Å². The van der Waals surface area contributed by atoms with Crippen LogP contribution in [-0.4, -0.2) is 37.1 Å². The van der Waals surface area contributed by atoms with Crippen molar-refractivity contribution in [1.82, 2.24) is 10.2 Å². The van der Waals surface area contributed by atoms with Crippen molar-refractivity contribution in [1.29, 1.82) is 0 Å². The topological polar surface area (TPSA) is 15.3 Å². The molecule has 1 rings (SSSR count). The van der Waals surface area contributed by atoms with E-state index in [1.807, 2.05) is 0 Å². The maximum absolute atomic E-state index is 3.61. The van der Waals surface area contributed by atoms with Gasteiger partial charge in [-0.1, -0.05) is 34.6 Å². The summed E-state index contributed by atoms with van der Waals surface area (Å²) >= 11 is 0. The molecule has 1 N–H and O–H groups in total. The molecule has 0 aromatic heterocycles. The van der Waals surface area contributed by atoms with Crippen molar-refractivity contribution < 1.29 is 0 Å². The molecule has 0 radical (unpaired) electrons. The Morgan fingerprint density at radius 1 is 1.21 bits per heavy atom. The molecule has 19 heavy (non-hydrogen) atoms. The highest BCUT2D eigenvalue weighted by Crippen LogP contribution is 2.37. The van der Waals surface area contributed by atoms with Gasteiger partial charge >= 0.3 is 0 Å². The highest BCUT2D eigenvalue weighted by molar-refractivity contribution is 4.87. The summed E-state index contributed by atoms with van der Waals surface area (Å²) in [7, 11) is 2.35. The summed E-state index contributed by atoms with van der Waals surface area (Å²) in [4.78, 5) is 2.67. The summed E-state index contributed by atoms with van der Waals surface area (Å²) < 4.78 is 0. The average molecular weight is 268 g/mol. The van der Waals surface area contributed by atoms with Crippen molar-refractivity contribution in [3.63, 3.8) is 0 Å². The monoisotopic (exact) mass is 268 g/mol. The minimum Gasteiger partial charge on any atom is -0.315 e. The first-order valence-electron chi connectivity index (χ1n) is 8.30. The maximum Gasteiger partial charge on any atom is 0.0243 e. The summed E-state index contributed by atoms with van der Waals surface area (Å²) in [5.74, 6) is 0.726. The maximum atomic E-state index is 3.61. The summed E-state index contributed by atoms with van der Waals surface area (Å²) in [6, 6.07) is 1.47. The van der Waals surface area contributed by atoms with E-state index in [4.69, 9.17) is 0 Å². The fourth-order valence-electron chi connectivity index (χ4n) is 3.34. The van der Waals surface area contributed by atoms with Crippen molar-refractivity contribution >= 4 is 0 Å². The Kier molecular flexibility index (Phi) is 6.82. The Labute approximate surface area is 121 Å². The third-order valence-electron chi connectivity index (χ3n) is 4.96. The zero-order valence-electron chi connectivity index (χ0n) is 14.1. The number of hydrogen-bond acceptors (Lipinski definition) is 2. The summed E-state index contributed by atoms with van der Waals surface area (Å²) in [6.45, 7) is 14.1. The second kappa shape index (κ2) is 7.64. The average Bonchev–Trinajstić information content (AvgIpc) is 2.33. The van der Waals surface area contributed by atoms with E-state index in [0.717, 1.165) is 25.0 Å². The molecule has 1 aliphatic carbocycles. The molecule has 0 aromatic rings. The molecular weight excluding hydrogens is 232 g/mol. The molecule has 0 aliphatic heterocycles. The van der Waals surface area contributed by atoms with Crippen LogP contribution in [0.2, 0.25) is 0 Å². The summed E-state index contributed by atoms with van der Waals surface area (Å²) in [6.07, 6.45) is 6.75. The summed E-state index contributed by atoms with van der Waals surface area (Å²) in [5, 5.41) is 3.61. The third kappa shape index (κ3) is 5.43. The van der Waals surface area contributed by atoms with Gasteiger partial charge in [-0.3, -0.25) is 4.90 Å². The first-order valence-corrected chi connectivity index (χ1v) is 8.30. The van der Waals surface area contributed by atoms with Crippen LogP contribution in [0.5, 0.6) is 0 Å². The second-order valence-corrected chi connectivity index (χ2v) is 7.58. The smallest absolute Gasteiger partial charge is 0.0243 e. The van der Waals surface area contributed by atoms with Crippen LogP contribution in [0, 0.1) is 11.3 Å². The van der Waals surface area contributed by atoms with Gasteiger partial charge in [0.05, 0.1) is 0 Å². The SMILES string of the molecule is CCCNCC(C(C)C)N(C)C1CCC(C)(C)CC1. The van der Waals surface area contributed by atoms with Crippen LogP contribution in [0.25, 0.3) is 0 Å². The molecule has 1 saturated carbocycles. The van der Waals surface area contributed by atoms with E-state index in [1.54, 1.807) is 0 Å². The van der Waals surface area contributed by atoms with Crippen molar-refractivity contribution in [3.8, 4) is 0 Å². The van der Waals surface area contributed by atoms with Crippen LogP contribution in [-0.2, 0) is 0 Å². The van der Waals surface area contributed by atoms with Crippen LogP contribution in [0.15, 0.2) is 0 Å². The van der Waals surface area contributed by atoms with E-state index < -0.39 is 0 Å². The molecular formula is C17H36N2. The van der Waals surface area contributed by atoms with Gasteiger partial charge in [-0.25, -0.2) is 0 Å². The normalized spacial score (nSPS) is 22.1. The molecule has 1 unspecified atom stereocenters. The zero-order valence-corrected chi connectivity index (χ0v) is 14.1. The number of nitrogens with zero attached hydrogens (tertiary/aromatic N) is 1. The van der Waals surface area contributed by atoms with Gasteiger partial charge in [0.25, 0.3) is 0 Å². The third-order valence-corrected chi connectivity index (χ3v) is 4.96. The van der Waals surface area contributed by atoms with E-state index in [-0.39, 0.29) is 0 Å². The van der Waals surface area contributed by atoms with Gasteiger partial charge in [-0.05, 0) is 57.0 Å². The standard InChI is InChI=1S/C17H36N2/c1-7-12-18-13-16(14(2)3)19(6)15-8-10-17(4,5)11-9-15/h14-16,18H,7-13H2,1-6H3. The molecule has 0 amide bonds. The molecule has 1 aliphatic rings. The Bertz CT molecular complexity index is 238. The molecule has 114 valence electrons. The van der Waals surface area contributed by atoms with Gasteiger partial charge < -0.3 is 5.32 Å². The van der Waals surface area contributed by atoms with E-state index in [0.29, 0.717) is 11.5 Å². The molecule has 0 aromatic carbocycles. The molecule has 0 heterocycles. The second-order valence-electron chi connectivity index (χ2n) is 7.58. The van der Waals surface area contributed by atoms with Gasteiger partial charge in [0, 0.05) is 18.6 Å². The summed E-state index contributed by atoms with van der Waals surface area (Å²) in [5.41, 5.74) is 0.575. The van der Waals surface area contributed by atoms with Crippen LogP contribution in [0.3, 0.4) is 0 Å². The van der Waals surface area contributed by atoms with Crippen molar-refractivity contribution in [2.45, 2.75) is 78.8 Å². The van der Waals surface area contributed by atoms with Crippen LogP contribution < -0.4 is 5.32 Å². The molecule has 0 saturated heterocycles. The first-order chi connectivity index (χ1) is 8.87. The van der Waals surface area contributed by atoms with E-state index in [9.17, 15) is 0 Å². The quantitative estimate of drug-likeness (QED) is 0.704. The Hall–Kier alpha value is -0.0800. The van der Waals surface area contributed by atoms with Crippen LogP contribution >= 0.6 is 0 Å².